The Hall–Kier alpha value is -4.21. The molecule has 0 atom stereocenters. The molecule has 0 aliphatic carbocycles. The summed E-state index contributed by atoms with van der Waals surface area (Å²) < 4.78 is 13.0. The summed E-state index contributed by atoms with van der Waals surface area (Å²) in [6, 6.07) is 12.2. The number of fused-ring (bicyclic) bond motifs is 2. The molecular formula is C20H16N6O4. The van der Waals surface area contributed by atoms with Crippen LogP contribution in [0.1, 0.15) is 5.82 Å². The van der Waals surface area contributed by atoms with Gasteiger partial charge in [-0.25, -0.2) is 18.9 Å². The summed E-state index contributed by atoms with van der Waals surface area (Å²) in [5.41, 5.74) is 1.76. The highest BCUT2D eigenvalue weighted by Gasteiger charge is 2.17. The highest BCUT2D eigenvalue weighted by atomic mass is 16.7. The number of benzene rings is 1. The van der Waals surface area contributed by atoms with Crippen molar-refractivity contribution in [3.63, 3.8) is 0 Å². The summed E-state index contributed by atoms with van der Waals surface area (Å²) in [5, 5.41) is 7.03. The zero-order valence-electron chi connectivity index (χ0n) is 15.9. The lowest BCUT2D eigenvalue weighted by molar-refractivity contribution is -0.117. The van der Waals surface area contributed by atoms with E-state index < -0.39 is 11.6 Å². The average molecular weight is 404 g/mol. The van der Waals surface area contributed by atoms with Crippen LogP contribution in [0.2, 0.25) is 0 Å². The molecule has 0 saturated heterocycles. The molecule has 150 valence electrons. The first kappa shape index (κ1) is 17.9. The maximum absolute atomic E-state index is 12.7. The lowest BCUT2D eigenvalue weighted by Crippen LogP contribution is -2.28. The molecule has 0 fully saturated rings. The van der Waals surface area contributed by atoms with E-state index in [2.05, 4.69) is 20.4 Å². The lowest BCUT2D eigenvalue weighted by atomic mass is 10.2. The highest BCUT2D eigenvalue weighted by Crippen LogP contribution is 2.34. The Morgan fingerprint density at radius 1 is 1.13 bits per heavy atom. The van der Waals surface area contributed by atoms with E-state index in [-0.39, 0.29) is 13.3 Å². The fraction of sp³-hybridized carbons (Fsp3) is 0.150. The third kappa shape index (κ3) is 3.13. The van der Waals surface area contributed by atoms with Gasteiger partial charge in [0.2, 0.25) is 12.7 Å². The highest BCUT2D eigenvalue weighted by molar-refractivity contribution is 5.90. The van der Waals surface area contributed by atoms with E-state index in [1.165, 1.54) is 4.40 Å². The molecule has 10 nitrogen and oxygen atoms in total. The van der Waals surface area contributed by atoms with E-state index in [9.17, 15) is 9.59 Å². The van der Waals surface area contributed by atoms with Crippen LogP contribution in [0.25, 0.3) is 17.0 Å². The molecule has 10 heteroatoms. The third-order valence-corrected chi connectivity index (χ3v) is 4.61. The Balaban J connectivity index is 1.41. The molecule has 1 N–H and O–H groups in total. The topological polar surface area (TPSA) is 113 Å². The summed E-state index contributed by atoms with van der Waals surface area (Å²) >= 11 is 0. The van der Waals surface area contributed by atoms with E-state index in [4.69, 9.17) is 9.47 Å². The van der Waals surface area contributed by atoms with Gasteiger partial charge in [-0.15, -0.1) is 5.10 Å². The van der Waals surface area contributed by atoms with Crippen molar-refractivity contribution in [3.8, 4) is 22.9 Å². The maximum atomic E-state index is 12.7. The molecule has 0 unspecified atom stereocenters. The zero-order chi connectivity index (χ0) is 20.7. The van der Waals surface area contributed by atoms with Gasteiger partial charge in [0.05, 0.1) is 11.4 Å². The molecule has 0 bridgehead atoms. The van der Waals surface area contributed by atoms with Crippen LogP contribution in [0.4, 0.5) is 5.69 Å². The van der Waals surface area contributed by atoms with Gasteiger partial charge in [-0.2, -0.15) is 0 Å². The number of aryl methyl sites for hydroxylation is 1. The first-order valence-electron chi connectivity index (χ1n) is 9.16. The number of ether oxygens (including phenoxy) is 2. The summed E-state index contributed by atoms with van der Waals surface area (Å²) in [5.74, 6) is 1.24. The molecule has 1 aromatic carbocycles. The summed E-state index contributed by atoms with van der Waals surface area (Å²) in [7, 11) is 0. The van der Waals surface area contributed by atoms with Crippen LogP contribution < -0.4 is 20.5 Å². The number of nitrogens with one attached hydrogen (secondary N) is 1. The second-order valence-corrected chi connectivity index (χ2v) is 6.65. The number of nitrogens with zero attached hydrogens (tertiary/aromatic N) is 5. The van der Waals surface area contributed by atoms with Crippen LogP contribution in [-0.2, 0) is 11.3 Å². The predicted molar refractivity (Wildman–Crippen MR) is 106 cm³/mol. The van der Waals surface area contributed by atoms with Crippen LogP contribution in [0, 0.1) is 6.92 Å². The van der Waals surface area contributed by atoms with Gasteiger partial charge in [-0.1, -0.05) is 6.07 Å². The van der Waals surface area contributed by atoms with Gasteiger partial charge in [0.25, 0.3) is 0 Å². The molecule has 3 aromatic heterocycles. The van der Waals surface area contributed by atoms with Crippen molar-refractivity contribution in [2.75, 3.05) is 12.1 Å². The lowest BCUT2D eigenvalue weighted by Gasteiger charge is -2.05. The van der Waals surface area contributed by atoms with Gasteiger partial charge in [-0.3, -0.25) is 9.78 Å². The molecule has 5 rings (SSSR count). The summed E-state index contributed by atoms with van der Waals surface area (Å²) in [6.07, 6.45) is 1.67. The number of hydrogen-bond donors (Lipinski definition) is 1. The maximum Gasteiger partial charge on any atom is 0.352 e. The standard InChI is InChI=1S/C20H16N6O4/c1-12-22-15(14-4-2-3-7-21-14)9-18-24-25(20(28)26(12)18)10-19(27)23-13-5-6-16-17(8-13)30-11-29-16/h2-9H,10-11H2,1H3,(H,23,27). The fourth-order valence-electron chi connectivity index (χ4n) is 3.26. The number of anilines is 1. The average Bonchev–Trinajstić information content (AvgIpc) is 3.33. The Labute approximate surface area is 169 Å². The number of aromatic nitrogens is 5. The largest absolute Gasteiger partial charge is 0.454 e. The van der Waals surface area contributed by atoms with Gasteiger partial charge in [0, 0.05) is 24.0 Å². The third-order valence-electron chi connectivity index (χ3n) is 4.61. The second kappa shape index (κ2) is 6.99. The van der Waals surface area contributed by atoms with Gasteiger partial charge in [-0.05, 0) is 31.2 Å². The van der Waals surface area contributed by atoms with Crippen molar-refractivity contribution in [1.82, 2.24) is 24.1 Å². The van der Waals surface area contributed by atoms with Crippen LogP contribution in [0.3, 0.4) is 0 Å². The van der Waals surface area contributed by atoms with Crippen LogP contribution in [0.5, 0.6) is 11.5 Å². The molecule has 4 heterocycles. The van der Waals surface area contributed by atoms with E-state index >= 15 is 0 Å². The number of rotatable bonds is 4. The normalized spacial score (nSPS) is 12.3. The number of amides is 1. The Morgan fingerprint density at radius 2 is 2.00 bits per heavy atom. The van der Waals surface area contributed by atoms with Crippen LogP contribution in [-0.4, -0.2) is 36.8 Å². The Kier molecular flexibility index (Phi) is 4.16. The Morgan fingerprint density at radius 3 is 2.83 bits per heavy atom. The minimum Gasteiger partial charge on any atom is -0.454 e. The molecule has 4 aromatic rings. The van der Waals surface area contributed by atoms with Crippen LogP contribution >= 0.6 is 0 Å². The predicted octanol–water partition coefficient (Wildman–Crippen LogP) is 1.63. The van der Waals surface area contributed by atoms with Gasteiger partial charge < -0.3 is 14.8 Å². The van der Waals surface area contributed by atoms with Crippen LogP contribution in [0.15, 0.2) is 53.5 Å². The minimum absolute atomic E-state index is 0.150. The first-order chi connectivity index (χ1) is 14.6. The summed E-state index contributed by atoms with van der Waals surface area (Å²) in [6.45, 7) is 1.62. The zero-order valence-corrected chi connectivity index (χ0v) is 15.9. The van der Waals surface area contributed by atoms with E-state index in [0.29, 0.717) is 40.0 Å². The monoisotopic (exact) mass is 404 g/mol. The number of carbonyl (C=O) groups is 1. The SMILES string of the molecule is Cc1nc(-c2ccccn2)cc2nn(CC(=O)Nc3ccc4c(c3)OCO4)c(=O)n12. The van der Waals surface area contributed by atoms with E-state index in [1.54, 1.807) is 37.4 Å². The Bertz CT molecular complexity index is 1330. The molecule has 0 saturated carbocycles. The molecule has 1 aliphatic rings. The van der Waals surface area contributed by atoms with E-state index in [0.717, 1.165) is 4.68 Å². The van der Waals surface area contributed by atoms with Crippen molar-refractivity contribution in [1.29, 1.82) is 0 Å². The number of hydrogen-bond acceptors (Lipinski definition) is 7. The smallest absolute Gasteiger partial charge is 0.352 e. The molecule has 30 heavy (non-hydrogen) atoms. The second-order valence-electron chi connectivity index (χ2n) is 6.65. The van der Waals surface area contributed by atoms with Gasteiger partial charge in [0.15, 0.2) is 17.1 Å². The molecule has 0 radical (unpaired) electrons. The fourth-order valence-corrected chi connectivity index (χ4v) is 3.26. The van der Waals surface area contributed by atoms with Gasteiger partial charge in [0.1, 0.15) is 12.4 Å². The molecule has 1 amide bonds. The minimum atomic E-state index is -0.441. The quantitative estimate of drug-likeness (QED) is 0.550. The van der Waals surface area contributed by atoms with Crippen molar-refractivity contribution in [2.45, 2.75) is 13.5 Å². The molecular weight excluding hydrogens is 388 g/mol. The first-order valence-corrected chi connectivity index (χ1v) is 9.16. The van der Waals surface area contributed by atoms with Crippen molar-refractivity contribution < 1.29 is 14.3 Å². The molecule has 1 aliphatic heterocycles. The van der Waals surface area contributed by atoms with E-state index in [1.807, 2.05) is 18.2 Å². The molecule has 0 spiro atoms. The van der Waals surface area contributed by atoms with Crippen molar-refractivity contribution in [3.05, 3.63) is 65.0 Å². The van der Waals surface area contributed by atoms with Crippen molar-refractivity contribution in [2.24, 2.45) is 0 Å². The number of pyridine rings is 1. The van der Waals surface area contributed by atoms with Gasteiger partial charge >= 0.3 is 5.69 Å². The number of carbonyl (C=O) groups excluding carboxylic acids is 1. The van der Waals surface area contributed by atoms with Crippen molar-refractivity contribution >= 4 is 17.2 Å². The summed E-state index contributed by atoms with van der Waals surface area (Å²) in [4.78, 5) is 33.9.